The van der Waals surface area contributed by atoms with Crippen LogP contribution in [0.2, 0.25) is 5.02 Å². The Bertz CT molecular complexity index is 508. The van der Waals surface area contributed by atoms with Crippen LogP contribution >= 0.6 is 11.6 Å². The number of hydrogen-bond donors (Lipinski definition) is 1. The SMILES string of the molecule is Oc1cccc(OCc2c(F)cccc2Cl)c1. The minimum atomic E-state index is -0.405. The van der Waals surface area contributed by atoms with Crippen molar-refractivity contribution >= 4 is 11.6 Å². The number of aromatic hydroxyl groups is 1. The quantitative estimate of drug-likeness (QED) is 0.901. The molecule has 17 heavy (non-hydrogen) atoms. The topological polar surface area (TPSA) is 29.5 Å². The Morgan fingerprint density at radius 2 is 1.94 bits per heavy atom. The van der Waals surface area contributed by atoms with Crippen molar-refractivity contribution < 1.29 is 14.2 Å². The van der Waals surface area contributed by atoms with E-state index in [0.717, 1.165) is 0 Å². The average molecular weight is 253 g/mol. The van der Waals surface area contributed by atoms with Gasteiger partial charge >= 0.3 is 0 Å². The van der Waals surface area contributed by atoms with Crippen LogP contribution in [-0.4, -0.2) is 5.11 Å². The van der Waals surface area contributed by atoms with Crippen molar-refractivity contribution in [1.82, 2.24) is 0 Å². The molecule has 2 nitrogen and oxygen atoms in total. The standard InChI is InChI=1S/C13H10ClFO2/c14-12-5-2-6-13(15)11(12)8-17-10-4-1-3-9(16)7-10/h1-7,16H,8H2. The Kier molecular flexibility index (Phi) is 3.49. The lowest BCUT2D eigenvalue weighted by atomic mass is 10.2. The summed E-state index contributed by atoms with van der Waals surface area (Å²) in [7, 11) is 0. The smallest absolute Gasteiger partial charge is 0.131 e. The molecule has 88 valence electrons. The number of phenols is 1. The summed E-state index contributed by atoms with van der Waals surface area (Å²) in [5.41, 5.74) is 0.303. The molecule has 0 saturated heterocycles. The van der Waals surface area contributed by atoms with E-state index in [-0.39, 0.29) is 12.4 Å². The van der Waals surface area contributed by atoms with Gasteiger partial charge in [0.05, 0.1) is 5.02 Å². The lowest BCUT2D eigenvalue weighted by Gasteiger charge is -2.08. The molecule has 0 aromatic heterocycles. The van der Waals surface area contributed by atoms with Gasteiger partial charge in [0.1, 0.15) is 23.9 Å². The van der Waals surface area contributed by atoms with Crippen LogP contribution in [0, 0.1) is 5.82 Å². The Hall–Kier alpha value is -1.74. The average Bonchev–Trinajstić information content (AvgIpc) is 2.28. The molecular weight excluding hydrogens is 243 g/mol. The summed E-state index contributed by atoms with van der Waals surface area (Å²) >= 11 is 5.86. The van der Waals surface area contributed by atoms with Crippen LogP contribution in [0.3, 0.4) is 0 Å². The lowest BCUT2D eigenvalue weighted by Crippen LogP contribution is -1.99. The van der Waals surface area contributed by atoms with Crippen LogP contribution < -0.4 is 4.74 Å². The van der Waals surface area contributed by atoms with Crippen LogP contribution in [0.4, 0.5) is 4.39 Å². The molecule has 0 spiro atoms. The van der Waals surface area contributed by atoms with Gasteiger partial charge in [-0.3, -0.25) is 0 Å². The first-order chi connectivity index (χ1) is 8.16. The van der Waals surface area contributed by atoms with Gasteiger partial charge in [-0.15, -0.1) is 0 Å². The van der Waals surface area contributed by atoms with Crippen molar-refractivity contribution in [3.63, 3.8) is 0 Å². The van der Waals surface area contributed by atoms with Crippen LogP contribution in [-0.2, 0) is 6.61 Å². The number of ether oxygens (including phenoxy) is 1. The molecule has 2 aromatic rings. The maximum atomic E-state index is 13.4. The van der Waals surface area contributed by atoms with E-state index < -0.39 is 5.82 Å². The fraction of sp³-hybridized carbons (Fsp3) is 0.0769. The number of halogens is 2. The van der Waals surface area contributed by atoms with Crippen molar-refractivity contribution in [2.45, 2.75) is 6.61 Å². The van der Waals surface area contributed by atoms with Gasteiger partial charge in [-0.1, -0.05) is 23.7 Å². The molecule has 0 radical (unpaired) electrons. The van der Waals surface area contributed by atoms with E-state index in [0.29, 0.717) is 16.3 Å². The summed E-state index contributed by atoms with van der Waals surface area (Å²) in [6, 6.07) is 10.8. The van der Waals surface area contributed by atoms with Crippen LogP contribution in [0.15, 0.2) is 42.5 Å². The Labute approximate surface area is 103 Å². The fourth-order valence-electron chi connectivity index (χ4n) is 1.40. The highest BCUT2D eigenvalue weighted by Gasteiger charge is 2.07. The highest BCUT2D eigenvalue weighted by Crippen LogP contribution is 2.23. The Balaban J connectivity index is 2.13. The lowest BCUT2D eigenvalue weighted by molar-refractivity contribution is 0.298. The molecule has 1 N–H and O–H groups in total. The van der Waals surface area contributed by atoms with Gasteiger partial charge in [-0.25, -0.2) is 4.39 Å². The van der Waals surface area contributed by atoms with Gasteiger partial charge in [-0.05, 0) is 24.3 Å². The van der Waals surface area contributed by atoms with E-state index in [1.807, 2.05) is 0 Å². The number of hydrogen-bond acceptors (Lipinski definition) is 2. The Morgan fingerprint density at radius 1 is 1.18 bits per heavy atom. The van der Waals surface area contributed by atoms with E-state index in [1.54, 1.807) is 18.2 Å². The second-order valence-corrected chi connectivity index (χ2v) is 3.89. The van der Waals surface area contributed by atoms with Crippen LogP contribution in [0.1, 0.15) is 5.56 Å². The van der Waals surface area contributed by atoms with E-state index in [1.165, 1.54) is 24.3 Å². The predicted molar refractivity (Wildman–Crippen MR) is 63.8 cm³/mol. The largest absolute Gasteiger partial charge is 0.508 e. The zero-order valence-corrected chi connectivity index (χ0v) is 9.62. The molecule has 0 heterocycles. The van der Waals surface area contributed by atoms with Crippen LogP contribution in [0.25, 0.3) is 0 Å². The number of phenolic OH excluding ortho intramolecular Hbond substituents is 1. The number of rotatable bonds is 3. The van der Waals surface area contributed by atoms with Crippen molar-refractivity contribution in [3.05, 3.63) is 58.9 Å². The van der Waals surface area contributed by atoms with Gasteiger partial charge in [0.15, 0.2) is 0 Å². The van der Waals surface area contributed by atoms with E-state index in [2.05, 4.69) is 0 Å². The van der Waals surface area contributed by atoms with Crippen molar-refractivity contribution in [1.29, 1.82) is 0 Å². The third-order valence-corrected chi connectivity index (χ3v) is 2.62. The molecule has 0 bridgehead atoms. The highest BCUT2D eigenvalue weighted by atomic mass is 35.5. The van der Waals surface area contributed by atoms with Gasteiger partial charge in [0.25, 0.3) is 0 Å². The molecule has 0 saturated carbocycles. The molecule has 2 rings (SSSR count). The van der Waals surface area contributed by atoms with Gasteiger partial charge in [-0.2, -0.15) is 0 Å². The third-order valence-electron chi connectivity index (χ3n) is 2.26. The molecule has 0 aliphatic rings. The van der Waals surface area contributed by atoms with E-state index in [4.69, 9.17) is 16.3 Å². The first-order valence-electron chi connectivity index (χ1n) is 5.01. The number of benzene rings is 2. The molecule has 0 aliphatic carbocycles. The summed E-state index contributed by atoms with van der Waals surface area (Å²) in [6.07, 6.45) is 0. The van der Waals surface area contributed by atoms with Gasteiger partial charge in [0.2, 0.25) is 0 Å². The minimum absolute atomic E-state index is 0.0228. The summed E-state index contributed by atoms with van der Waals surface area (Å²) in [4.78, 5) is 0. The summed E-state index contributed by atoms with van der Waals surface area (Å²) in [5.74, 6) is 0.157. The molecular formula is C13H10ClFO2. The summed E-state index contributed by atoms with van der Waals surface area (Å²) in [6.45, 7) is 0.0228. The van der Waals surface area contributed by atoms with Crippen molar-refractivity contribution in [2.24, 2.45) is 0 Å². The molecule has 0 amide bonds. The third kappa shape index (κ3) is 2.88. The van der Waals surface area contributed by atoms with Gasteiger partial charge < -0.3 is 9.84 Å². The molecule has 4 heteroatoms. The maximum Gasteiger partial charge on any atom is 0.131 e. The minimum Gasteiger partial charge on any atom is -0.508 e. The Morgan fingerprint density at radius 3 is 2.65 bits per heavy atom. The normalized spacial score (nSPS) is 10.2. The zero-order valence-electron chi connectivity index (χ0n) is 8.86. The highest BCUT2D eigenvalue weighted by molar-refractivity contribution is 6.31. The molecule has 2 aromatic carbocycles. The van der Waals surface area contributed by atoms with Crippen molar-refractivity contribution in [3.8, 4) is 11.5 Å². The van der Waals surface area contributed by atoms with E-state index >= 15 is 0 Å². The summed E-state index contributed by atoms with van der Waals surface area (Å²) < 4.78 is 18.8. The van der Waals surface area contributed by atoms with Crippen molar-refractivity contribution in [2.75, 3.05) is 0 Å². The summed E-state index contributed by atoms with van der Waals surface area (Å²) in [5, 5.41) is 9.56. The first-order valence-corrected chi connectivity index (χ1v) is 5.39. The monoisotopic (exact) mass is 252 g/mol. The van der Waals surface area contributed by atoms with E-state index in [9.17, 15) is 9.50 Å². The van der Waals surface area contributed by atoms with Gasteiger partial charge in [0, 0.05) is 11.6 Å². The maximum absolute atomic E-state index is 13.4. The molecule has 0 unspecified atom stereocenters. The first kappa shape index (κ1) is 11.7. The van der Waals surface area contributed by atoms with Crippen LogP contribution in [0.5, 0.6) is 11.5 Å². The molecule has 0 aliphatic heterocycles. The molecule has 0 atom stereocenters. The molecule has 0 fully saturated rings. The second-order valence-electron chi connectivity index (χ2n) is 3.49. The fourth-order valence-corrected chi connectivity index (χ4v) is 1.62. The predicted octanol–water partition coefficient (Wildman–Crippen LogP) is 3.76. The second kappa shape index (κ2) is 5.06. The zero-order chi connectivity index (χ0) is 12.3.